The quantitative estimate of drug-likeness (QED) is 0.160. The van der Waals surface area contributed by atoms with Crippen LogP contribution in [0.15, 0.2) is 0 Å². The summed E-state index contributed by atoms with van der Waals surface area (Å²) >= 11 is 0. The average molecular weight is 500 g/mol. The minimum Gasteiger partial charge on any atom is -0.380 e. The molecule has 0 spiro atoms. The zero-order chi connectivity index (χ0) is 26.2. The number of Topliss-reactive ketones (excluding diaryl/α,β-unsaturated/α-hetero) is 2. The van der Waals surface area contributed by atoms with Crippen molar-refractivity contribution < 1.29 is 28.6 Å². The number of carbonyl (C=O) groups is 3. The lowest BCUT2D eigenvalue weighted by atomic mass is 9.94. The van der Waals surface area contributed by atoms with Gasteiger partial charge in [0.2, 0.25) is 5.91 Å². The van der Waals surface area contributed by atoms with E-state index in [1.807, 2.05) is 6.92 Å². The van der Waals surface area contributed by atoms with Crippen molar-refractivity contribution in [2.75, 3.05) is 46.2 Å². The van der Waals surface area contributed by atoms with Crippen LogP contribution < -0.4 is 5.32 Å². The second kappa shape index (κ2) is 23.1. The molecule has 7 nitrogen and oxygen atoms in total. The molecule has 0 radical (unpaired) electrons. The van der Waals surface area contributed by atoms with E-state index in [0.29, 0.717) is 78.3 Å². The third-order valence-corrected chi connectivity index (χ3v) is 5.85. The molecule has 206 valence electrons. The molecular formula is C28H53NO6. The predicted molar refractivity (Wildman–Crippen MR) is 141 cm³/mol. The van der Waals surface area contributed by atoms with Crippen LogP contribution in [0, 0.1) is 5.41 Å². The molecule has 0 atom stereocenters. The first-order valence-electron chi connectivity index (χ1n) is 13.9. The highest BCUT2D eigenvalue weighted by Gasteiger charge is 2.26. The van der Waals surface area contributed by atoms with Crippen molar-refractivity contribution in [3.8, 4) is 0 Å². The van der Waals surface area contributed by atoms with Crippen LogP contribution in [-0.2, 0) is 28.6 Å². The van der Waals surface area contributed by atoms with Crippen LogP contribution >= 0.6 is 0 Å². The molecule has 0 saturated heterocycles. The summed E-state index contributed by atoms with van der Waals surface area (Å²) in [6.07, 6.45) is 10.7. The molecule has 0 aromatic rings. The molecule has 7 heteroatoms. The molecular weight excluding hydrogens is 446 g/mol. The maximum absolute atomic E-state index is 12.0. The normalized spacial score (nSPS) is 11.5. The van der Waals surface area contributed by atoms with Gasteiger partial charge in [0.15, 0.2) is 0 Å². The summed E-state index contributed by atoms with van der Waals surface area (Å²) in [6.45, 7) is 11.3. The summed E-state index contributed by atoms with van der Waals surface area (Å²) in [6, 6.07) is 0. The highest BCUT2D eigenvalue weighted by molar-refractivity contribution is 5.78. The minimum absolute atomic E-state index is 0.00387. The third-order valence-electron chi connectivity index (χ3n) is 5.85. The van der Waals surface area contributed by atoms with Gasteiger partial charge in [-0.3, -0.25) is 14.4 Å². The smallest absolute Gasteiger partial charge is 0.222 e. The number of ketones is 2. The number of rotatable bonds is 26. The summed E-state index contributed by atoms with van der Waals surface area (Å²) in [7, 11) is 0. The summed E-state index contributed by atoms with van der Waals surface area (Å²) in [5, 5.41) is 2.89. The van der Waals surface area contributed by atoms with Crippen LogP contribution in [0.1, 0.15) is 111 Å². The molecule has 1 amide bonds. The average Bonchev–Trinajstić information content (AvgIpc) is 2.83. The number of hydrogen-bond donors (Lipinski definition) is 1. The molecule has 1 N–H and O–H groups in total. The van der Waals surface area contributed by atoms with Crippen LogP contribution in [0.2, 0.25) is 0 Å². The molecule has 0 aliphatic carbocycles. The van der Waals surface area contributed by atoms with Crippen molar-refractivity contribution in [1.82, 2.24) is 5.32 Å². The lowest BCUT2D eigenvalue weighted by Gasteiger charge is -2.29. The Bertz CT molecular complexity index is 477. The predicted octanol–water partition coefficient (Wildman–Crippen LogP) is 5.43. The van der Waals surface area contributed by atoms with Crippen molar-refractivity contribution >= 4 is 17.5 Å². The van der Waals surface area contributed by atoms with Gasteiger partial charge in [-0.25, -0.2) is 0 Å². The Morgan fingerprint density at radius 2 is 1.03 bits per heavy atom. The SMILES string of the molecule is CCCCCC(=O)CCOCC(C)(COCCC(=O)CCCCC)COCCC(=O)NCCCC. The van der Waals surface area contributed by atoms with Crippen molar-refractivity contribution in [2.24, 2.45) is 5.41 Å². The lowest BCUT2D eigenvalue weighted by Crippen LogP contribution is -2.35. The van der Waals surface area contributed by atoms with Gasteiger partial charge in [-0.15, -0.1) is 0 Å². The van der Waals surface area contributed by atoms with E-state index in [2.05, 4.69) is 26.1 Å². The topological polar surface area (TPSA) is 90.9 Å². The second-order valence-electron chi connectivity index (χ2n) is 9.91. The Morgan fingerprint density at radius 3 is 1.46 bits per heavy atom. The molecule has 0 aliphatic rings. The van der Waals surface area contributed by atoms with Gasteiger partial charge in [-0.1, -0.05) is 59.8 Å². The van der Waals surface area contributed by atoms with Gasteiger partial charge in [0, 0.05) is 44.1 Å². The Kier molecular flexibility index (Phi) is 22.2. The Hall–Kier alpha value is -1.31. The van der Waals surface area contributed by atoms with Crippen molar-refractivity contribution in [2.45, 2.75) is 111 Å². The summed E-state index contributed by atoms with van der Waals surface area (Å²) < 4.78 is 17.5. The van der Waals surface area contributed by atoms with Gasteiger partial charge in [0.05, 0.1) is 39.6 Å². The van der Waals surface area contributed by atoms with Gasteiger partial charge < -0.3 is 19.5 Å². The number of nitrogens with one attached hydrogen (secondary N) is 1. The Morgan fingerprint density at radius 1 is 0.600 bits per heavy atom. The molecule has 0 saturated carbocycles. The van der Waals surface area contributed by atoms with E-state index in [1.54, 1.807) is 0 Å². The van der Waals surface area contributed by atoms with E-state index < -0.39 is 5.41 Å². The van der Waals surface area contributed by atoms with E-state index >= 15 is 0 Å². The standard InChI is InChI=1S/C28H53NO6/c1-5-8-11-13-25(30)15-19-33-22-28(4,23-34-20-16-26(31)14-12-9-6-2)24-35-21-17-27(32)29-18-10-7-3/h5-24H2,1-4H3,(H,29,32). The van der Waals surface area contributed by atoms with E-state index in [4.69, 9.17) is 14.2 Å². The monoisotopic (exact) mass is 499 g/mol. The number of hydrogen-bond acceptors (Lipinski definition) is 6. The number of ether oxygens (including phenoxy) is 3. The first kappa shape index (κ1) is 33.7. The molecule has 0 aliphatic heterocycles. The van der Waals surface area contributed by atoms with Gasteiger partial charge in [0.25, 0.3) is 0 Å². The largest absolute Gasteiger partial charge is 0.380 e. The number of amides is 1. The molecule has 0 rings (SSSR count). The van der Waals surface area contributed by atoms with Crippen molar-refractivity contribution in [3.05, 3.63) is 0 Å². The zero-order valence-electron chi connectivity index (χ0n) is 23.1. The van der Waals surface area contributed by atoms with Crippen LogP contribution in [0.5, 0.6) is 0 Å². The fourth-order valence-electron chi connectivity index (χ4n) is 3.50. The fraction of sp³-hybridized carbons (Fsp3) is 0.893. The van der Waals surface area contributed by atoms with Crippen LogP contribution in [-0.4, -0.2) is 63.7 Å². The van der Waals surface area contributed by atoms with Crippen molar-refractivity contribution in [3.63, 3.8) is 0 Å². The highest BCUT2D eigenvalue weighted by atomic mass is 16.5. The van der Waals surface area contributed by atoms with E-state index in [-0.39, 0.29) is 17.5 Å². The lowest BCUT2D eigenvalue weighted by molar-refractivity contribution is -0.123. The second-order valence-corrected chi connectivity index (χ2v) is 9.91. The fourth-order valence-corrected chi connectivity index (χ4v) is 3.50. The minimum atomic E-state index is -0.421. The third kappa shape index (κ3) is 21.7. The van der Waals surface area contributed by atoms with Crippen molar-refractivity contribution in [1.29, 1.82) is 0 Å². The molecule has 0 bridgehead atoms. The number of unbranched alkanes of at least 4 members (excludes halogenated alkanes) is 5. The molecule has 0 aromatic heterocycles. The maximum atomic E-state index is 12.0. The maximum Gasteiger partial charge on any atom is 0.222 e. The van der Waals surface area contributed by atoms with Crippen LogP contribution in [0.4, 0.5) is 0 Å². The molecule has 0 aromatic carbocycles. The number of carbonyl (C=O) groups excluding carboxylic acids is 3. The summed E-state index contributed by atoms with van der Waals surface area (Å²) in [5.74, 6) is 0.475. The summed E-state index contributed by atoms with van der Waals surface area (Å²) in [5.41, 5.74) is -0.421. The van der Waals surface area contributed by atoms with E-state index in [9.17, 15) is 14.4 Å². The van der Waals surface area contributed by atoms with Gasteiger partial charge in [-0.05, 0) is 19.3 Å². The molecule has 35 heavy (non-hydrogen) atoms. The molecule has 0 heterocycles. The Balaban J connectivity index is 4.42. The van der Waals surface area contributed by atoms with Gasteiger partial charge in [-0.2, -0.15) is 0 Å². The van der Waals surface area contributed by atoms with E-state index in [1.165, 1.54) is 0 Å². The summed E-state index contributed by atoms with van der Waals surface area (Å²) in [4.78, 5) is 35.8. The van der Waals surface area contributed by atoms with E-state index in [0.717, 1.165) is 51.4 Å². The molecule has 0 unspecified atom stereocenters. The van der Waals surface area contributed by atoms with Gasteiger partial charge in [0.1, 0.15) is 11.6 Å². The zero-order valence-corrected chi connectivity index (χ0v) is 23.1. The van der Waals surface area contributed by atoms with Crippen LogP contribution in [0.3, 0.4) is 0 Å². The van der Waals surface area contributed by atoms with Crippen LogP contribution in [0.25, 0.3) is 0 Å². The van der Waals surface area contributed by atoms with Gasteiger partial charge >= 0.3 is 0 Å². The Labute approximate surface area is 214 Å². The first-order valence-corrected chi connectivity index (χ1v) is 13.9. The highest BCUT2D eigenvalue weighted by Crippen LogP contribution is 2.19. The molecule has 0 fully saturated rings. The first-order chi connectivity index (χ1) is 16.9.